The molecule has 0 aromatic heterocycles. The van der Waals surface area contributed by atoms with Gasteiger partial charge in [-0.3, -0.25) is 19.7 Å². The van der Waals surface area contributed by atoms with Crippen LogP contribution >= 0.6 is 0 Å². The molecule has 1 amide bonds. The smallest absolute Gasteiger partial charge is 0.293 e. The lowest BCUT2D eigenvalue weighted by Crippen LogP contribution is -2.29. The number of amides is 1. The molecule has 3 aromatic carbocycles. The minimum Gasteiger partial charge on any atom is -0.449 e. The predicted octanol–water partition coefficient (Wildman–Crippen LogP) is 4.65. The Morgan fingerprint density at radius 3 is 2.29 bits per heavy atom. The topological polar surface area (TPSA) is 111 Å². The third kappa shape index (κ3) is 4.40. The first-order valence-corrected chi connectivity index (χ1v) is 10.5. The number of anilines is 2. The fraction of sp³-hybridized carbons (Fsp3) is 0.200. The zero-order valence-electron chi connectivity index (χ0n) is 19.1. The molecule has 1 aliphatic heterocycles. The number of nitrogens with zero attached hydrogens (tertiary/aromatic N) is 2. The Morgan fingerprint density at radius 1 is 0.941 bits per heavy atom. The van der Waals surface area contributed by atoms with Crippen molar-refractivity contribution in [2.24, 2.45) is 0 Å². The Kier molecular flexibility index (Phi) is 5.70. The summed E-state index contributed by atoms with van der Waals surface area (Å²) >= 11 is 0. The van der Waals surface area contributed by atoms with Crippen LogP contribution in [0.25, 0.3) is 0 Å². The first kappa shape index (κ1) is 22.8. The summed E-state index contributed by atoms with van der Waals surface area (Å²) in [5.41, 5.74) is 1.04. The van der Waals surface area contributed by atoms with Crippen LogP contribution in [0.5, 0.6) is 11.5 Å². The number of carbonyl (C=O) groups excluding carboxylic acids is 2. The summed E-state index contributed by atoms with van der Waals surface area (Å²) in [7, 11) is 3.36. The van der Waals surface area contributed by atoms with E-state index in [2.05, 4.69) is 5.32 Å². The van der Waals surface area contributed by atoms with Gasteiger partial charge in [-0.1, -0.05) is 18.2 Å². The molecule has 3 aromatic rings. The van der Waals surface area contributed by atoms with Gasteiger partial charge in [0.1, 0.15) is 5.69 Å². The zero-order chi connectivity index (χ0) is 24.6. The average molecular weight is 461 g/mol. The normalized spacial score (nSPS) is 13.3. The SMILES string of the molecule is CN(C)c1ccc(C(=O)c2ccccc2C(=O)Nc2ccc3c(c2)OC(C)(C)O3)cc1[N+](=O)[O-]. The summed E-state index contributed by atoms with van der Waals surface area (Å²) in [5.74, 6) is -0.718. The van der Waals surface area contributed by atoms with Crippen LogP contribution in [0.1, 0.15) is 40.1 Å². The summed E-state index contributed by atoms with van der Waals surface area (Å²) in [5, 5.41) is 14.3. The molecule has 0 bridgehead atoms. The van der Waals surface area contributed by atoms with Gasteiger partial charge >= 0.3 is 0 Å². The molecule has 0 radical (unpaired) electrons. The van der Waals surface area contributed by atoms with Gasteiger partial charge in [-0.15, -0.1) is 0 Å². The molecule has 0 fully saturated rings. The van der Waals surface area contributed by atoms with Gasteiger partial charge in [0, 0.05) is 56.9 Å². The monoisotopic (exact) mass is 461 g/mol. The van der Waals surface area contributed by atoms with E-state index in [-0.39, 0.29) is 22.4 Å². The highest BCUT2D eigenvalue weighted by Gasteiger charge is 2.32. The average Bonchev–Trinajstić information content (AvgIpc) is 3.11. The second-order valence-electron chi connectivity index (χ2n) is 8.45. The van der Waals surface area contributed by atoms with Crippen LogP contribution in [-0.2, 0) is 0 Å². The van der Waals surface area contributed by atoms with Crippen LogP contribution in [-0.4, -0.2) is 36.5 Å². The lowest BCUT2D eigenvalue weighted by molar-refractivity contribution is -0.384. The molecule has 1 N–H and O–H groups in total. The van der Waals surface area contributed by atoms with Crippen molar-refractivity contribution in [2.45, 2.75) is 19.6 Å². The van der Waals surface area contributed by atoms with Gasteiger partial charge < -0.3 is 19.7 Å². The number of hydrogen-bond donors (Lipinski definition) is 1. The molecule has 0 saturated heterocycles. The summed E-state index contributed by atoms with van der Waals surface area (Å²) in [6.45, 7) is 3.56. The summed E-state index contributed by atoms with van der Waals surface area (Å²) in [6.07, 6.45) is 0. The molecule has 34 heavy (non-hydrogen) atoms. The van der Waals surface area contributed by atoms with E-state index >= 15 is 0 Å². The van der Waals surface area contributed by atoms with Gasteiger partial charge in [0.15, 0.2) is 17.3 Å². The maximum atomic E-state index is 13.3. The Labute approximate surface area is 196 Å². The van der Waals surface area contributed by atoms with Crippen LogP contribution in [0.2, 0.25) is 0 Å². The van der Waals surface area contributed by atoms with Gasteiger partial charge in [0.25, 0.3) is 11.6 Å². The number of nitro groups is 1. The van der Waals surface area contributed by atoms with Crippen molar-refractivity contribution in [3.63, 3.8) is 0 Å². The number of carbonyl (C=O) groups is 2. The summed E-state index contributed by atoms with van der Waals surface area (Å²) < 4.78 is 11.4. The lowest BCUT2D eigenvalue weighted by Gasteiger charge is -2.16. The third-order valence-electron chi connectivity index (χ3n) is 5.25. The largest absolute Gasteiger partial charge is 0.449 e. The van der Waals surface area contributed by atoms with E-state index in [1.807, 2.05) is 0 Å². The van der Waals surface area contributed by atoms with Gasteiger partial charge in [-0.25, -0.2) is 0 Å². The van der Waals surface area contributed by atoms with Crippen molar-refractivity contribution >= 4 is 28.8 Å². The van der Waals surface area contributed by atoms with E-state index < -0.39 is 22.4 Å². The van der Waals surface area contributed by atoms with E-state index in [1.54, 1.807) is 63.2 Å². The summed E-state index contributed by atoms with van der Waals surface area (Å²) in [6, 6.07) is 15.6. The van der Waals surface area contributed by atoms with E-state index in [1.165, 1.54) is 30.3 Å². The van der Waals surface area contributed by atoms with E-state index in [0.717, 1.165) is 0 Å². The number of fused-ring (bicyclic) bond motifs is 1. The predicted molar refractivity (Wildman–Crippen MR) is 127 cm³/mol. The van der Waals surface area contributed by atoms with E-state index in [4.69, 9.17) is 9.47 Å². The van der Waals surface area contributed by atoms with Crippen LogP contribution in [0, 0.1) is 10.1 Å². The number of ether oxygens (including phenoxy) is 2. The number of ketones is 1. The van der Waals surface area contributed by atoms with Gasteiger partial charge in [0.05, 0.1) is 10.5 Å². The molecule has 9 heteroatoms. The Balaban J connectivity index is 1.63. The number of rotatable bonds is 6. The number of hydrogen-bond acceptors (Lipinski definition) is 7. The van der Waals surface area contributed by atoms with Crippen LogP contribution in [0.4, 0.5) is 17.1 Å². The molecule has 4 rings (SSSR count). The molecule has 174 valence electrons. The molecular formula is C25H23N3O6. The van der Waals surface area contributed by atoms with Crippen LogP contribution < -0.4 is 19.7 Å². The first-order valence-electron chi connectivity index (χ1n) is 10.5. The number of nitrogens with one attached hydrogen (secondary N) is 1. The standard InChI is InChI=1S/C25H23N3O6/c1-25(2)33-21-12-10-16(14-22(21)34-25)26-24(30)18-8-6-5-7-17(18)23(29)15-9-11-19(27(3)4)20(13-15)28(31)32/h5-14H,1-4H3,(H,26,30). The molecule has 0 atom stereocenters. The van der Waals surface area contributed by atoms with E-state index in [0.29, 0.717) is 22.9 Å². The van der Waals surface area contributed by atoms with E-state index in [9.17, 15) is 19.7 Å². The van der Waals surface area contributed by atoms with Gasteiger partial charge in [-0.05, 0) is 30.3 Å². The maximum absolute atomic E-state index is 13.3. The number of nitro benzene ring substituents is 1. The first-order chi connectivity index (χ1) is 16.1. The fourth-order valence-electron chi connectivity index (χ4n) is 3.72. The third-order valence-corrected chi connectivity index (χ3v) is 5.25. The molecule has 1 aliphatic rings. The zero-order valence-corrected chi connectivity index (χ0v) is 19.1. The van der Waals surface area contributed by atoms with Crippen molar-refractivity contribution in [1.82, 2.24) is 0 Å². The van der Waals surface area contributed by atoms with Gasteiger partial charge in [0.2, 0.25) is 5.79 Å². The highest BCUT2D eigenvalue weighted by molar-refractivity contribution is 6.18. The minimum absolute atomic E-state index is 0.114. The Hall–Kier alpha value is -4.40. The molecule has 1 heterocycles. The fourth-order valence-corrected chi connectivity index (χ4v) is 3.72. The Bertz CT molecular complexity index is 1320. The highest BCUT2D eigenvalue weighted by atomic mass is 16.7. The lowest BCUT2D eigenvalue weighted by atomic mass is 9.97. The molecule has 9 nitrogen and oxygen atoms in total. The minimum atomic E-state index is -0.797. The maximum Gasteiger partial charge on any atom is 0.293 e. The molecule has 0 unspecified atom stereocenters. The van der Waals surface area contributed by atoms with Crippen molar-refractivity contribution in [2.75, 3.05) is 24.3 Å². The van der Waals surface area contributed by atoms with Crippen molar-refractivity contribution in [3.05, 3.63) is 87.5 Å². The number of benzene rings is 3. The van der Waals surface area contributed by atoms with Crippen molar-refractivity contribution in [3.8, 4) is 11.5 Å². The molecule has 0 saturated carbocycles. The molecule has 0 spiro atoms. The van der Waals surface area contributed by atoms with Gasteiger partial charge in [-0.2, -0.15) is 0 Å². The van der Waals surface area contributed by atoms with Crippen LogP contribution in [0.15, 0.2) is 60.7 Å². The second-order valence-corrected chi connectivity index (χ2v) is 8.45. The van der Waals surface area contributed by atoms with Crippen LogP contribution in [0.3, 0.4) is 0 Å². The Morgan fingerprint density at radius 2 is 1.62 bits per heavy atom. The van der Waals surface area contributed by atoms with Crippen molar-refractivity contribution in [1.29, 1.82) is 0 Å². The summed E-state index contributed by atoms with van der Waals surface area (Å²) in [4.78, 5) is 38.9. The van der Waals surface area contributed by atoms with Crippen molar-refractivity contribution < 1.29 is 24.0 Å². The second kappa shape index (κ2) is 8.51. The quantitative estimate of drug-likeness (QED) is 0.323. The highest BCUT2D eigenvalue weighted by Crippen LogP contribution is 2.40. The molecule has 0 aliphatic carbocycles. The molecular weight excluding hydrogens is 438 g/mol.